The van der Waals surface area contributed by atoms with Crippen LogP contribution in [0.2, 0.25) is 0 Å². The third-order valence-corrected chi connectivity index (χ3v) is 6.32. The lowest BCUT2D eigenvalue weighted by molar-refractivity contribution is 0.0593. The van der Waals surface area contributed by atoms with Gasteiger partial charge in [0.05, 0.1) is 26.5 Å². The van der Waals surface area contributed by atoms with Crippen molar-refractivity contribution in [2.24, 2.45) is 7.05 Å². The summed E-state index contributed by atoms with van der Waals surface area (Å²) in [6.07, 6.45) is 5.86. The van der Waals surface area contributed by atoms with E-state index in [1.165, 1.54) is 13.2 Å². The number of ether oxygens (including phenoxy) is 3. The quantitative estimate of drug-likeness (QED) is 0.316. The number of esters is 1. The Morgan fingerprint density at radius 2 is 1.97 bits per heavy atom. The van der Waals surface area contributed by atoms with E-state index < -0.39 is 5.97 Å². The molecule has 1 aliphatic rings. The standard InChI is InChI=1S/C27H34N4O5/c1-4-35-22-9-5-7-20(15-22)19-30-11-10-23-26(27(33)34-3)24(16-25(32)31(23)13-12-30)36-14-6-8-21-17-28-29(2)18-21/h5,7,9,15-18H,4,6,8,10-14,19H2,1-3H3. The van der Waals surface area contributed by atoms with E-state index in [0.717, 1.165) is 36.3 Å². The molecule has 1 aliphatic heterocycles. The highest BCUT2D eigenvalue weighted by atomic mass is 16.5. The van der Waals surface area contributed by atoms with Crippen molar-refractivity contribution in [1.82, 2.24) is 19.2 Å². The minimum absolute atomic E-state index is 0.167. The van der Waals surface area contributed by atoms with Gasteiger partial charge < -0.3 is 18.8 Å². The number of methoxy groups -OCH3 is 1. The van der Waals surface area contributed by atoms with Crippen LogP contribution in [-0.2, 0) is 37.7 Å². The number of hydrogen-bond acceptors (Lipinski definition) is 7. The summed E-state index contributed by atoms with van der Waals surface area (Å²) >= 11 is 0. The topological polar surface area (TPSA) is 87.8 Å². The summed E-state index contributed by atoms with van der Waals surface area (Å²) in [5.74, 6) is 0.656. The smallest absolute Gasteiger partial charge is 0.343 e. The molecule has 1 aromatic carbocycles. The second-order valence-electron chi connectivity index (χ2n) is 8.89. The summed E-state index contributed by atoms with van der Waals surface area (Å²) < 4.78 is 20.1. The Morgan fingerprint density at radius 3 is 2.72 bits per heavy atom. The second-order valence-corrected chi connectivity index (χ2v) is 8.89. The Labute approximate surface area is 211 Å². The summed E-state index contributed by atoms with van der Waals surface area (Å²) in [6.45, 7) is 5.58. The molecule has 9 nitrogen and oxygen atoms in total. The fourth-order valence-electron chi connectivity index (χ4n) is 4.61. The first kappa shape index (κ1) is 25.5. The molecule has 192 valence electrons. The van der Waals surface area contributed by atoms with E-state index in [1.807, 2.05) is 44.6 Å². The molecule has 0 fully saturated rings. The van der Waals surface area contributed by atoms with Crippen molar-refractivity contribution in [2.75, 3.05) is 33.4 Å². The van der Waals surface area contributed by atoms with Gasteiger partial charge in [0.1, 0.15) is 17.1 Å². The number of carbonyl (C=O) groups excluding carboxylic acids is 1. The molecule has 3 aromatic rings. The summed E-state index contributed by atoms with van der Waals surface area (Å²) in [7, 11) is 3.23. The predicted molar refractivity (Wildman–Crippen MR) is 136 cm³/mol. The van der Waals surface area contributed by atoms with Gasteiger partial charge in [0, 0.05) is 57.6 Å². The number of rotatable bonds is 10. The van der Waals surface area contributed by atoms with Gasteiger partial charge in [-0.3, -0.25) is 14.4 Å². The zero-order chi connectivity index (χ0) is 25.5. The van der Waals surface area contributed by atoms with Gasteiger partial charge in [0.15, 0.2) is 0 Å². The van der Waals surface area contributed by atoms with E-state index in [1.54, 1.807) is 9.25 Å². The van der Waals surface area contributed by atoms with Crippen LogP contribution in [-0.4, -0.2) is 58.6 Å². The highest BCUT2D eigenvalue weighted by molar-refractivity contribution is 5.93. The maximum absolute atomic E-state index is 13.0. The lowest BCUT2D eigenvalue weighted by Gasteiger charge is -2.19. The van der Waals surface area contributed by atoms with E-state index >= 15 is 0 Å². The van der Waals surface area contributed by atoms with Crippen LogP contribution in [0.25, 0.3) is 0 Å². The van der Waals surface area contributed by atoms with Crippen LogP contribution in [0.3, 0.4) is 0 Å². The third-order valence-electron chi connectivity index (χ3n) is 6.32. The fraction of sp³-hybridized carbons (Fsp3) is 0.444. The lowest BCUT2D eigenvalue weighted by Crippen LogP contribution is -2.29. The maximum atomic E-state index is 13.0. The summed E-state index contributed by atoms with van der Waals surface area (Å²) in [5, 5.41) is 4.18. The largest absolute Gasteiger partial charge is 0.494 e. The molecule has 0 N–H and O–H groups in total. The first-order valence-electron chi connectivity index (χ1n) is 12.4. The Bertz CT molecular complexity index is 1250. The third kappa shape index (κ3) is 6.15. The maximum Gasteiger partial charge on any atom is 0.343 e. The Balaban J connectivity index is 1.49. The molecule has 36 heavy (non-hydrogen) atoms. The van der Waals surface area contributed by atoms with Crippen molar-refractivity contribution in [2.45, 2.75) is 39.3 Å². The van der Waals surface area contributed by atoms with Crippen molar-refractivity contribution < 1.29 is 19.0 Å². The van der Waals surface area contributed by atoms with Gasteiger partial charge in [0.2, 0.25) is 0 Å². The minimum Gasteiger partial charge on any atom is -0.494 e. The van der Waals surface area contributed by atoms with Gasteiger partial charge in [-0.25, -0.2) is 4.79 Å². The van der Waals surface area contributed by atoms with E-state index in [0.29, 0.717) is 56.3 Å². The molecular formula is C27H34N4O5. The van der Waals surface area contributed by atoms with Crippen LogP contribution in [0.5, 0.6) is 11.5 Å². The molecule has 3 heterocycles. The number of aromatic nitrogens is 3. The molecule has 2 aromatic heterocycles. The van der Waals surface area contributed by atoms with Crippen LogP contribution in [0.1, 0.15) is 40.5 Å². The SMILES string of the molecule is CCOc1cccc(CN2CCc3c(C(=O)OC)c(OCCCc4cnn(C)c4)cc(=O)n3CC2)c1. The van der Waals surface area contributed by atoms with E-state index in [2.05, 4.69) is 16.1 Å². The molecular weight excluding hydrogens is 460 g/mol. The van der Waals surface area contributed by atoms with Crippen molar-refractivity contribution in [3.63, 3.8) is 0 Å². The predicted octanol–water partition coefficient (Wildman–Crippen LogP) is 2.84. The minimum atomic E-state index is -0.487. The van der Waals surface area contributed by atoms with Gasteiger partial charge in [-0.2, -0.15) is 5.10 Å². The highest BCUT2D eigenvalue weighted by Crippen LogP contribution is 2.25. The number of aryl methyl sites for hydroxylation is 2. The van der Waals surface area contributed by atoms with Crippen molar-refractivity contribution in [3.05, 3.63) is 75.5 Å². The van der Waals surface area contributed by atoms with E-state index in [9.17, 15) is 9.59 Å². The van der Waals surface area contributed by atoms with Gasteiger partial charge >= 0.3 is 5.97 Å². The van der Waals surface area contributed by atoms with Gasteiger partial charge in [0.25, 0.3) is 5.56 Å². The van der Waals surface area contributed by atoms with Crippen molar-refractivity contribution in [1.29, 1.82) is 0 Å². The lowest BCUT2D eigenvalue weighted by atomic mass is 10.1. The molecule has 0 aliphatic carbocycles. The number of fused-ring (bicyclic) bond motifs is 1. The molecule has 0 bridgehead atoms. The van der Waals surface area contributed by atoms with E-state index in [4.69, 9.17) is 14.2 Å². The molecule has 0 radical (unpaired) electrons. The van der Waals surface area contributed by atoms with Gasteiger partial charge in [-0.1, -0.05) is 12.1 Å². The molecule has 0 unspecified atom stereocenters. The average molecular weight is 495 g/mol. The number of benzene rings is 1. The Kier molecular flexibility index (Phi) is 8.43. The average Bonchev–Trinajstić information content (AvgIpc) is 3.17. The zero-order valence-electron chi connectivity index (χ0n) is 21.2. The molecule has 4 rings (SSSR count). The van der Waals surface area contributed by atoms with E-state index in [-0.39, 0.29) is 5.56 Å². The number of nitrogens with zero attached hydrogens (tertiary/aromatic N) is 4. The first-order valence-corrected chi connectivity index (χ1v) is 12.4. The molecule has 0 saturated heterocycles. The molecule has 0 spiro atoms. The van der Waals surface area contributed by atoms with Crippen LogP contribution in [0.4, 0.5) is 0 Å². The number of pyridine rings is 1. The van der Waals surface area contributed by atoms with Crippen LogP contribution < -0.4 is 15.0 Å². The molecule has 0 atom stereocenters. The van der Waals surface area contributed by atoms with Crippen LogP contribution in [0.15, 0.2) is 47.5 Å². The normalized spacial score (nSPS) is 13.6. The fourth-order valence-corrected chi connectivity index (χ4v) is 4.61. The first-order chi connectivity index (χ1) is 17.5. The monoisotopic (exact) mass is 494 g/mol. The number of carbonyl (C=O) groups is 1. The molecule has 9 heteroatoms. The van der Waals surface area contributed by atoms with Crippen molar-refractivity contribution >= 4 is 5.97 Å². The molecule has 0 saturated carbocycles. The van der Waals surface area contributed by atoms with Gasteiger partial charge in [-0.15, -0.1) is 0 Å². The highest BCUT2D eigenvalue weighted by Gasteiger charge is 2.26. The summed E-state index contributed by atoms with van der Waals surface area (Å²) in [5.41, 5.74) is 3.11. The second kappa shape index (κ2) is 11.9. The Hall–Kier alpha value is -3.59. The summed E-state index contributed by atoms with van der Waals surface area (Å²) in [4.78, 5) is 28.1. The van der Waals surface area contributed by atoms with Crippen molar-refractivity contribution in [3.8, 4) is 11.5 Å². The summed E-state index contributed by atoms with van der Waals surface area (Å²) in [6, 6.07) is 9.48. The van der Waals surface area contributed by atoms with Crippen LogP contribution >= 0.6 is 0 Å². The van der Waals surface area contributed by atoms with Gasteiger partial charge in [-0.05, 0) is 43.0 Å². The number of hydrogen-bond donors (Lipinski definition) is 0. The Morgan fingerprint density at radius 1 is 1.11 bits per heavy atom. The molecule has 0 amide bonds. The zero-order valence-corrected chi connectivity index (χ0v) is 21.2. The van der Waals surface area contributed by atoms with Crippen LogP contribution in [0, 0.1) is 0 Å².